The monoisotopic (exact) mass is 406 g/mol. The second kappa shape index (κ2) is 7.03. The number of halogens is 4. The van der Waals surface area contributed by atoms with E-state index in [9.17, 15) is 43.5 Å². The van der Waals surface area contributed by atoms with Crippen LogP contribution in [0.15, 0.2) is 30.3 Å². The van der Waals surface area contributed by atoms with Crippen LogP contribution in [-0.4, -0.2) is 14.8 Å². The van der Waals surface area contributed by atoms with Gasteiger partial charge in [-0.25, -0.2) is 0 Å². The molecule has 142 valence electrons. The zero-order valence-electron chi connectivity index (χ0n) is 12.7. The summed E-state index contributed by atoms with van der Waals surface area (Å²) in [5, 5.41) is 34.6. The van der Waals surface area contributed by atoms with Crippen LogP contribution in [0, 0.1) is 30.3 Å². The molecule has 0 amide bonds. The molecule has 0 atom stereocenters. The van der Waals surface area contributed by atoms with Gasteiger partial charge in [0.1, 0.15) is 10.7 Å². The lowest BCUT2D eigenvalue weighted by Crippen LogP contribution is -2.12. The first-order valence-electron chi connectivity index (χ1n) is 6.66. The summed E-state index contributed by atoms with van der Waals surface area (Å²) in [6.07, 6.45) is -5.18. The van der Waals surface area contributed by atoms with E-state index in [4.69, 9.17) is 11.6 Å². The van der Waals surface area contributed by atoms with E-state index in [1.54, 1.807) is 0 Å². The minimum atomic E-state index is -5.18. The van der Waals surface area contributed by atoms with Crippen molar-refractivity contribution in [3.63, 3.8) is 0 Å². The second-order valence-electron chi connectivity index (χ2n) is 4.95. The van der Waals surface area contributed by atoms with Gasteiger partial charge < -0.3 is 5.32 Å². The minimum Gasteiger partial charge on any atom is -0.349 e. The molecule has 0 fully saturated rings. The van der Waals surface area contributed by atoms with Crippen LogP contribution in [0.5, 0.6) is 0 Å². The third kappa shape index (κ3) is 4.20. The van der Waals surface area contributed by atoms with Gasteiger partial charge >= 0.3 is 6.18 Å². The second-order valence-corrected chi connectivity index (χ2v) is 5.35. The van der Waals surface area contributed by atoms with Crippen molar-refractivity contribution in [2.24, 2.45) is 0 Å². The molecular weight excluding hydrogens is 401 g/mol. The van der Waals surface area contributed by atoms with Gasteiger partial charge in [0.15, 0.2) is 0 Å². The molecule has 0 unspecified atom stereocenters. The molecule has 10 nitrogen and oxygen atoms in total. The van der Waals surface area contributed by atoms with E-state index in [2.05, 4.69) is 5.32 Å². The van der Waals surface area contributed by atoms with Crippen molar-refractivity contribution in [3.8, 4) is 0 Å². The van der Waals surface area contributed by atoms with E-state index >= 15 is 0 Å². The van der Waals surface area contributed by atoms with Crippen molar-refractivity contribution in [1.29, 1.82) is 0 Å². The summed E-state index contributed by atoms with van der Waals surface area (Å²) in [5.74, 6) is 0. The number of nitro benzene ring substituents is 3. The predicted molar refractivity (Wildman–Crippen MR) is 86.1 cm³/mol. The number of benzene rings is 2. The van der Waals surface area contributed by atoms with Crippen LogP contribution in [0.4, 0.5) is 41.6 Å². The first kappa shape index (κ1) is 19.8. The highest BCUT2D eigenvalue weighted by Gasteiger charge is 2.39. The normalized spacial score (nSPS) is 11.1. The van der Waals surface area contributed by atoms with Gasteiger partial charge in [-0.3, -0.25) is 30.3 Å². The van der Waals surface area contributed by atoms with Crippen LogP contribution in [0.1, 0.15) is 5.56 Å². The molecule has 0 heterocycles. The summed E-state index contributed by atoms with van der Waals surface area (Å²) in [4.78, 5) is 29.5. The van der Waals surface area contributed by atoms with E-state index in [0.717, 1.165) is 18.2 Å². The molecule has 0 saturated heterocycles. The fourth-order valence-electron chi connectivity index (χ4n) is 2.09. The number of rotatable bonds is 5. The average Bonchev–Trinajstić information content (AvgIpc) is 2.54. The summed E-state index contributed by atoms with van der Waals surface area (Å²) < 4.78 is 39.9. The molecule has 1 N–H and O–H groups in total. The highest BCUT2D eigenvalue weighted by molar-refractivity contribution is 6.32. The van der Waals surface area contributed by atoms with E-state index in [1.807, 2.05) is 0 Å². The molecule has 2 aromatic carbocycles. The lowest BCUT2D eigenvalue weighted by atomic mass is 10.1. The van der Waals surface area contributed by atoms with Crippen LogP contribution < -0.4 is 5.32 Å². The average molecular weight is 407 g/mol. The fourth-order valence-corrected chi connectivity index (χ4v) is 2.28. The summed E-state index contributed by atoms with van der Waals surface area (Å²) in [5.41, 5.74) is -6.11. The Morgan fingerprint density at radius 3 is 1.96 bits per heavy atom. The Labute approximate surface area is 151 Å². The van der Waals surface area contributed by atoms with Crippen LogP contribution >= 0.6 is 11.6 Å². The van der Waals surface area contributed by atoms with E-state index in [0.29, 0.717) is 6.07 Å². The smallest absolute Gasteiger partial charge is 0.349 e. The van der Waals surface area contributed by atoms with Crippen molar-refractivity contribution in [2.45, 2.75) is 6.18 Å². The van der Waals surface area contributed by atoms with Gasteiger partial charge in [-0.2, -0.15) is 13.2 Å². The van der Waals surface area contributed by atoms with E-state index in [-0.39, 0.29) is 16.8 Å². The SMILES string of the molecule is O=[N+]([O-])c1cc([N+](=O)[O-])c(Nc2ccc(Cl)c([N+](=O)[O-])c2)c(C(F)(F)F)c1. The maximum Gasteiger partial charge on any atom is 0.418 e. The molecular formula is C13H6ClF3N4O6. The zero-order chi connectivity index (χ0) is 20.5. The van der Waals surface area contributed by atoms with Gasteiger partial charge in [0.25, 0.3) is 17.1 Å². The Morgan fingerprint density at radius 2 is 1.48 bits per heavy atom. The first-order valence-corrected chi connectivity index (χ1v) is 7.04. The molecule has 2 aromatic rings. The number of hydrogen-bond acceptors (Lipinski definition) is 7. The minimum absolute atomic E-state index is 0.125. The van der Waals surface area contributed by atoms with Gasteiger partial charge in [-0.15, -0.1) is 0 Å². The number of non-ortho nitro benzene ring substituents is 1. The largest absolute Gasteiger partial charge is 0.418 e. The number of nitrogens with one attached hydrogen (secondary N) is 1. The molecule has 0 bridgehead atoms. The van der Waals surface area contributed by atoms with Gasteiger partial charge in [-0.05, 0) is 12.1 Å². The standard InChI is InChI=1S/C13H6ClF3N4O6/c14-9-2-1-6(3-10(9)20(24)25)18-12-8(13(15,16)17)4-7(19(22)23)5-11(12)21(26)27/h1-5,18H. The zero-order valence-corrected chi connectivity index (χ0v) is 13.4. The summed E-state index contributed by atoms with van der Waals surface area (Å²) in [6, 6.07) is 3.31. The quantitative estimate of drug-likeness (QED) is 0.553. The third-order valence-corrected chi connectivity index (χ3v) is 3.55. The number of anilines is 2. The van der Waals surface area contributed by atoms with Crippen molar-refractivity contribution in [2.75, 3.05) is 5.32 Å². The number of alkyl halides is 3. The Bertz CT molecular complexity index is 966. The molecule has 0 aliphatic carbocycles. The fraction of sp³-hybridized carbons (Fsp3) is 0.0769. The molecule has 27 heavy (non-hydrogen) atoms. The Hall–Kier alpha value is -3.48. The summed E-state index contributed by atoms with van der Waals surface area (Å²) in [6.45, 7) is 0. The highest BCUT2D eigenvalue weighted by Crippen LogP contribution is 2.44. The molecule has 0 aromatic heterocycles. The maximum absolute atomic E-state index is 13.3. The Balaban J connectivity index is 2.71. The van der Waals surface area contributed by atoms with Crippen molar-refractivity contribution >= 4 is 40.0 Å². The summed E-state index contributed by atoms with van der Waals surface area (Å²) in [7, 11) is 0. The van der Waals surface area contributed by atoms with E-state index in [1.165, 1.54) is 0 Å². The Kier molecular flexibility index (Phi) is 5.16. The van der Waals surface area contributed by atoms with Crippen molar-refractivity contribution < 1.29 is 27.9 Å². The van der Waals surface area contributed by atoms with Crippen molar-refractivity contribution in [1.82, 2.24) is 0 Å². The lowest BCUT2D eigenvalue weighted by Gasteiger charge is -2.15. The van der Waals surface area contributed by atoms with Crippen molar-refractivity contribution in [3.05, 3.63) is 71.3 Å². The van der Waals surface area contributed by atoms with E-state index < -0.39 is 49.3 Å². The topological polar surface area (TPSA) is 141 Å². The molecule has 0 spiro atoms. The molecule has 0 aliphatic heterocycles. The van der Waals surface area contributed by atoms with Crippen LogP contribution in [-0.2, 0) is 6.18 Å². The summed E-state index contributed by atoms with van der Waals surface area (Å²) >= 11 is 5.60. The number of nitro groups is 3. The van der Waals surface area contributed by atoms with Gasteiger partial charge in [-0.1, -0.05) is 11.6 Å². The number of nitrogens with zero attached hydrogens (tertiary/aromatic N) is 3. The van der Waals surface area contributed by atoms with Gasteiger partial charge in [0.2, 0.25) is 0 Å². The first-order chi connectivity index (χ1) is 12.4. The van der Waals surface area contributed by atoms with Gasteiger partial charge in [0, 0.05) is 17.8 Å². The van der Waals surface area contributed by atoms with Crippen LogP contribution in [0.25, 0.3) is 0 Å². The Morgan fingerprint density at radius 1 is 0.889 bits per heavy atom. The van der Waals surface area contributed by atoms with Crippen LogP contribution in [0.3, 0.4) is 0 Å². The molecule has 2 rings (SSSR count). The molecule has 0 saturated carbocycles. The molecule has 0 radical (unpaired) electrons. The highest BCUT2D eigenvalue weighted by atomic mass is 35.5. The molecule has 14 heteroatoms. The van der Waals surface area contributed by atoms with Crippen LogP contribution in [0.2, 0.25) is 5.02 Å². The maximum atomic E-state index is 13.3. The third-order valence-electron chi connectivity index (χ3n) is 3.23. The number of hydrogen-bond donors (Lipinski definition) is 1. The van der Waals surface area contributed by atoms with Gasteiger partial charge in [0.05, 0.1) is 26.4 Å². The molecule has 0 aliphatic rings. The lowest BCUT2D eigenvalue weighted by molar-refractivity contribution is -0.394. The predicted octanol–water partition coefficient (Wildman–Crippen LogP) is 4.83.